The number of ether oxygens (including phenoxy) is 2. The summed E-state index contributed by atoms with van der Waals surface area (Å²) in [6, 6.07) is 12.6. The molecule has 5 heteroatoms. The number of carbonyl (C=O) groups excluding carboxylic acids is 1. The fourth-order valence-electron chi connectivity index (χ4n) is 2.02. The first-order valence-electron chi connectivity index (χ1n) is 7.18. The highest BCUT2D eigenvalue weighted by molar-refractivity contribution is 6.31. The largest absolute Gasteiger partial charge is 0.495 e. The van der Waals surface area contributed by atoms with Crippen molar-refractivity contribution >= 4 is 29.3 Å². The molecule has 0 fully saturated rings. The minimum Gasteiger partial charge on any atom is -0.495 e. The monoisotopic (exact) mass is 331 g/mol. The molecule has 0 aromatic heterocycles. The molecule has 2 aromatic carbocycles. The minimum atomic E-state index is -0.281. The summed E-state index contributed by atoms with van der Waals surface area (Å²) in [5.41, 5.74) is 1.36. The molecule has 0 saturated carbocycles. The average molecular weight is 332 g/mol. The maximum absolute atomic E-state index is 12.1. The first-order chi connectivity index (χ1) is 11.1. The van der Waals surface area contributed by atoms with Crippen molar-refractivity contribution in [1.29, 1.82) is 0 Å². The fraction of sp³-hybridized carbons (Fsp3) is 0.167. The molecule has 23 heavy (non-hydrogen) atoms. The van der Waals surface area contributed by atoms with Gasteiger partial charge in [0.15, 0.2) is 0 Å². The van der Waals surface area contributed by atoms with Gasteiger partial charge in [0.1, 0.15) is 11.5 Å². The maximum Gasteiger partial charge on any atom is 0.248 e. The zero-order valence-electron chi connectivity index (χ0n) is 13.0. The van der Waals surface area contributed by atoms with Crippen LogP contribution < -0.4 is 14.8 Å². The van der Waals surface area contributed by atoms with Crippen LogP contribution in [0.5, 0.6) is 11.5 Å². The average Bonchev–Trinajstić information content (AvgIpc) is 2.54. The maximum atomic E-state index is 12.1. The van der Waals surface area contributed by atoms with Crippen LogP contribution in [0, 0.1) is 0 Å². The number of hydrogen-bond acceptors (Lipinski definition) is 3. The number of halogens is 1. The lowest BCUT2D eigenvalue weighted by atomic mass is 10.2. The van der Waals surface area contributed by atoms with Gasteiger partial charge in [0.25, 0.3) is 0 Å². The molecular formula is C18H18ClNO3. The normalized spacial score (nSPS) is 10.6. The highest BCUT2D eigenvalue weighted by atomic mass is 35.5. The number of methoxy groups -OCH3 is 1. The van der Waals surface area contributed by atoms with E-state index in [2.05, 4.69) is 5.32 Å². The topological polar surface area (TPSA) is 47.6 Å². The van der Waals surface area contributed by atoms with Crippen LogP contribution in [0.15, 0.2) is 48.5 Å². The number of hydrogen-bond donors (Lipinski definition) is 1. The van der Waals surface area contributed by atoms with Crippen LogP contribution in [0.25, 0.3) is 6.08 Å². The van der Waals surface area contributed by atoms with E-state index in [4.69, 9.17) is 21.1 Å². The highest BCUT2D eigenvalue weighted by Gasteiger charge is 2.06. The number of para-hydroxylation sites is 1. The van der Waals surface area contributed by atoms with E-state index in [1.807, 2.05) is 31.2 Å². The second-order valence-corrected chi connectivity index (χ2v) is 5.07. The van der Waals surface area contributed by atoms with Crippen LogP contribution in [0.2, 0.25) is 5.02 Å². The van der Waals surface area contributed by atoms with E-state index in [1.165, 1.54) is 13.2 Å². The van der Waals surface area contributed by atoms with E-state index in [1.54, 1.807) is 24.3 Å². The van der Waals surface area contributed by atoms with Gasteiger partial charge in [0, 0.05) is 16.7 Å². The lowest BCUT2D eigenvalue weighted by Crippen LogP contribution is -2.09. The zero-order chi connectivity index (χ0) is 16.7. The number of carbonyl (C=O) groups is 1. The molecule has 120 valence electrons. The summed E-state index contributed by atoms with van der Waals surface area (Å²) < 4.78 is 10.7. The SMILES string of the molecule is CCOc1ccccc1C=CC(=O)Nc1cc(Cl)ccc1OC. The molecule has 0 bridgehead atoms. The third-order valence-corrected chi connectivity index (χ3v) is 3.29. The predicted octanol–water partition coefficient (Wildman–Crippen LogP) is 4.40. The smallest absolute Gasteiger partial charge is 0.248 e. The molecule has 2 rings (SSSR count). The molecule has 0 atom stereocenters. The molecule has 0 radical (unpaired) electrons. The molecule has 4 nitrogen and oxygen atoms in total. The quantitative estimate of drug-likeness (QED) is 0.798. The van der Waals surface area contributed by atoms with Crippen molar-refractivity contribution in [2.24, 2.45) is 0 Å². The Balaban J connectivity index is 2.12. The van der Waals surface area contributed by atoms with Crippen molar-refractivity contribution in [1.82, 2.24) is 0 Å². The van der Waals surface area contributed by atoms with E-state index in [0.717, 1.165) is 11.3 Å². The summed E-state index contributed by atoms with van der Waals surface area (Å²) in [6.07, 6.45) is 3.15. The Morgan fingerprint density at radius 1 is 1.22 bits per heavy atom. The Kier molecular flexibility index (Phi) is 6.06. The summed E-state index contributed by atoms with van der Waals surface area (Å²) in [5, 5.41) is 3.27. The van der Waals surface area contributed by atoms with Crippen LogP contribution in [-0.2, 0) is 4.79 Å². The molecule has 0 spiro atoms. The van der Waals surface area contributed by atoms with Crippen molar-refractivity contribution < 1.29 is 14.3 Å². The van der Waals surface area contributed by atoms with Crippen LogP contribution in [-0.4, -0.2) is 19.6 Å². The standard InChI is InChI=1S/C18H18ClNO3/c1-3-23-16-7-5-4-6-13(16)8-11-18(21)20-15-12-14(19)9-10-17(15)22-2/h4-12H,3H2,1-2H3,(H,20,21). The molecule has 0 saturated heterocycles. The fourth-order valence-corrected chi connectivity index (χ4v) is 2.20. The number of anilines is 1. The lowest BCUT2D eigenvalue weighted by Gasteiger charge is -2.09. The third-order valence-electron chi connectivity index (χ3n) is 3.05. The third kappa shape index (κ3) is 4.76. The summed E-state index contributed by atoms with van der Waals surface area (Å²) in [7, 11) is 1.53. The number of amides is 1. The van der Waals surface area contributed by atoms with E-state index in [-0.39, 0.29) is 5.91 Å². The van der Waals surface area contributed by atoms with Gasteiger partial charge in [-0.25, -0.2) is 0 Å². The summed E-state index contributed by atoms with van der Waals surface area (Å²) in [4.78, 5) is 12.1. The molecule has 0 aliphatic heterocycles. The Bertz CT molecular complexity index is 713. The minimum absolute atomic E-state index is 0.281. The van der Waals surface area contributed by atoms with Crippen LogP contribution >= 0.6 is 11.6 Å². The van der Waals surface area contributed by atoms with Crippen molar-refractivity contribution in [3.63, 3.8) is 0 Å². The van der Waals surface area contributed by atoms with Gasteiger partial charge in [0.2, 0.25) is 5.91 Å². The first kappa shape index (κ1) is 16.9. The number of rotatable bonds is 6. The van der Waals surface area contributed by atoms with E-state index >= 15 is 0 Å². The second kappa shape index (κ2) is 8.25. The van der Waals surface area contributed by atoms with Crippen molar-refractivity contribution in [3.05, 3.63) is 59.1 Å². The van der Waals surface area contributed by atoms with Gasteiger partial charge < -0.3 is 14.8 Å². The predicted molar refractivity (Wildman–Crippen MR) is 93.3 cm³/mol. The lowest BCUT2D eigenvalue weighted by molar-refractivity contribution is -0.111. The zero-order valence-corrected chi connectivity index (χ0v) is 13.8. The van der Waals surface area contributed by atoms with Gasteiger partial charge >= 0.3 is 0 Å². The Morgan fingerprint density at radius 3 is 2.74 bits per heavy atom. The molecule has 2 aromatic rings. The van der Waals surface area contributed by atoms with Gasteiger partial charge in [-0.05, 0) is 37.3 Å². The van der Waals surface area contributed by atoms with Gasteiger partial charge in [0.05, 0.1) is 19.4 Å². The Hall–Kier alpha value is -2.46. The Morgan fingerprint density at radius 2 is 2.00 bits per heavy atom. The van der Waals surface area contributed by atoms with Gasteiger partial charge in [-0.15, -0.1) is 0 Å². The highest BCUT2D eigenvalue weighted by Crippen LogP contribution is 2.27. The molecule has 0 aliphatic carbocycles. The van der Waals surface area contributed by atoms with Gasteiger partial charge in [-0.1, -0.05) is 29.8 Å². The van der Waals surface area contributed by atoms with Gasteiger partial charge in [-0.3, -0.25) is 4.79 Å². The van der Waals surface area contributed by atoms with E-state index < -0.39 is 0 Å². The molecule has 1 amide bonds. The summed E-state index contributed by atoms with van der Waals surface area (Å²) in [6.45, 7) is 2.48. The second-order valence-electron chi connectivity index (χ2n) is 4.64. The van der Waals surface area contributed by atoms with Crippen molar-refractivity contribution in [2.75, 3.05) is 19.0 Å². The van der Waals surface area contributed by atoms with E-state index in [0.29, 0.717) is 23.1 Å². The molecule has 0 unspecified atom stereocenters. The van der Waals surface area contributed by atoms with Crippen molar-refractivity contribution in [2.45, 2.75) is 6.92 Å². The summed E-state index contributed by atoms with van der Waals surface area (Å²) >= 11 is 5.94. The van der Waals surface area contributed by atoms with Gasteiger partial charge in [-0.2, -0.15) is 0 Å². The summed E-state index contributed by atoms with van der Waals surface area (Å²) in [5.74, 6) is 1.00. The number of nitrogens with one attached hydrogen (secondary N) is 1. The van der Waals surface area contributed by atoms with Crippen molar-refractivity contribution in [3.8, 4) is 11.5 Å². The van der Waals surface area contributed by atoms with E-state index in [9.17, 15) is 4.79 Å². The molecule has 1 N–H and O–H groups in total. The Labute approximate surface area is 140 Å². The molecule has 0 aliphatic rings. The van der Waals surface area contributed by atoms with Crippen LogP contribution in [0.3, 0.4) is 0 Å². The first-order valence-corrected chi connectivity index (χ1v) is 7.56. The molecule has 0 heterocycles. The molecular weight excluding hydrogens is 314 g/mol. The number of benzene rings is 2. The van der Waals surface area contributed by atoms with Crippen LogP contribution in [0.4, 0.5) is 5.69 Å². The van der Waals surface area contributed by atoms with Crippen LogP contribution in [0.1, 0.15) is 12.5 Å².